The van der Waals surface area contributed by atoms with Crippen molar-refractivity contribution in [3.05, 3.63) is 70.4 Å². The molecule has 2 aromatic rings. The molecule has 0 aromatic heterocycles. The van der Waals surface area contributed by atoms with Crippen LogP contribution in [0.25, 0.3) is 0 Å². The predicted octanol–water partition coefficient (Wildman–Crippen LogP) is 3.74. The smallest absolute Gasteiger partial charge is 0.390 e. The van der Waals surface area contributed by atoms with Gasteiger partial charge in [-0.15, -0.1) is 0 Å². The number of carbonyl (C=O) groups is 2. The summed E-state index contributed by atoms with van der Waals surface area (Å²) in [4.78, 5) is 31.6. The molecule has 0 saturated carbocycles. The number of hydrogen-bond acceptors (Lipinski definition) is 8. The molecule has 2 atom stereocenters. The summed E-state index contributed by atoms with van der Waals surface area (Å²) in [6.45, 7) is 1.15. The van der Waals surface area contributed by atoms with Crippen LogP contribution in [0.15, 0.2) is 58.6 Å². The summed E-state index contributed by atoms with van der Waals surface area (Å²) in [7, 11) is 0.544. The fourth-order valence-corrected chi connectivity index (χ4v) is 5.72. The van der Waals surface area contributed by atoms with Crippen molar-refractivity contribution in [2.24, 2.45) is 0 Å². The number of hydrogen-bond donors (Lipinski definition) is 1. The number of benzene rings is 2. The molecule has 15 heteroatoms. The number of alkyl halides is 3. The maximum absolute atomic E-state index is 14.1. The van der Waals surface area contributed by atoms with Crippen LogP contribution in [0.4, 0.5) is 28.4 Å². The van der Waals surface area contributed by atoms with Gasteiger partial charge in [0.1, 0.15) is 6.04 Å². The van der Waals surface area contributed by atoms with Crippen LogP contribution in [0.5, 0.6) is 0 Å². The van der Waals surface area contributed by atoms with Crippen LogP contribution in [-0.2, 0) is 16.0 Å². The van der Waals surface area contributed by atoms with Crippen molar-refractivity contribution in [2.75, 3.05) is 45.4 Å². The van der Waals surface area contributed by atoms with Crippen LogP contribution in [0.3, 0.4) is 0 Å². The molecule has 11 nitrogen and oxygen atoms in total. The number of aliphatic hydroxyl groups excluding tert-OH is 1. The molecule has 1 N–H and O–H groups in total. The topological polar surface area (TPSA) is 149 Å². The van der Waals surface area contributed by atoms with Crippen molar-refractivity contribution in [3.8, 4) is 12.1 Å². The number of anilines is 1. The monoisotopic (exact) mass is 618 g/mol. The minimum atomic E-state index is -4.77. The molecule has 1 aliphatic rings. The number of halogens is 3. The molecule has 0 fully saturated rings. The Morgan fingerprint density at radius 2 is 1.74 bits per heavy atom. The van der Waals surface area contributed by atoms with Gasteiger partial charge in [-0.3, -0.25) is 4.90 Å². The molecule has 228 valence electrons. The quantitative estimate of drug-likeness (QED) is 0.494. The number of imide groups is 1. The number of allylic oxidation sites excluding steroid dienone is 1. The second kappa shape index (κ2) is 12.4. The Hall–Kier alpha value is -4.44. The van der Waals surface area contributed by atoms with Crippen LogP contribution in [0.2, 0.25) is 0 Å². The number of sulfone groups is 1. The maximum atomic E-state index is 14.1. The zero-order valence-corrected chi connectivity index (χ0v) is 24.7. The maximum Gasteiger partial charge on any atom is 0.416 e. The lowest BCUT2D eigenvalue weighted by molar-refractivity contribution is -0.137. The van der Waals surface area contributed by atoms with E-state index in [1.54, 1.807) is 19.0 Å². The van der Waals surface area contributed by atoms with Gasteiger partial charge in [-0.2, -0.15) is 23.7 Å². The van der Waals surface area contributed by atoms with Crippen LogP contribution < -0.4 is 4.90 Å². The number of rotatable bonds is 7. The van der Waals surface area contributed by atoms with Gasteiger partial charge < -0.3 is 14.9 Å². The van der Waals surface area contributed by atoms with Gasteiger partial charge in [0.25, 0.3) is 0 Å². The van der Waals surface area contributed by atoms with E-state index in [-0.39, 0.29) is 41.2 Å². The fraction of sp³-hybridized carbons (Fsp3) is 0.357. The van der Waals surface area contributed by atoms with Crippen molar-refractivity contribution in [3.63, 3.8) is 0 Å². The van der Waals surface area contributed by atoms with E-state index in [1.165, 1.54) is 32.2 Å². The fourth-order valence-electron chi connectivity index (χ4n) is 4.77. The zero-order valence-electron chi connectivity index (χ0n) is 23.9. The number of urea groups is 2. The van der Waals surface area contributed by atoms with Gasteiger partial charge in [-0.05, 0) is 56.9 Å². The highest BCUT2D eigenvalue weighted by atomic mass is 32.2. The van der Waals surface area contributed by atoms with E-state index >= 15 is 0 Å². The summed E-state index contributed by atoms with van der Waals surface area (Å²) in [6, 6.07) is 7.11. The lowest BCUT2D eigenvalue weighted by Crippen LogP contribution is -2.56. The van der Waals surface area contributed by atoms with Gasteiger partial charge >= 0.3 is 18.2 Å². The molecule has 0 saturated heterocycles. The Kier molecular flexibility index (Phi) is 9.56. The van der Waals surface area contributed by atoms with E-state index < -0.39 is 50.7 Å². The van der Waals surface area contributed by atoms with Crippen molar-refractivity contribution >= 4 is 27.6 Å². The second-order valence-electron chi connectivity index (χ2n) is 10.3. The summed E-state index contributed by atoms with van der Waals surface area (Å²) in [5, 5.41) is 30.1. The van der Waals surface area contributed by atoms with E-state index in [9.17, 15) is 46.8 Å². The SMILES string of the molecule is CC1=C(C#N)[C@@H](c2ccc(C#N)cc2S(C)(=O)=O)N(C(=O)N(C)CC(O)CN(C)C)C(=O)N1c1cccc(C(F)(F)F)c1. The first-order valence-electron chi connectivity index (χ1n) is 12.7. The van der Waals surface area contributed by atoms with Crippen LogP contribution >= 0.6 is 0 Å². The van der Waals surface area contributed by atoms with Crippen molar-refractivity contribution in [1.82, 2.24) is 14.7 Å². The number of carbonyl (C=O) groups excluding carboxylic acids is 2. The van der Waals surface area contributed by atoms with E-state index in [0.717, 1.165) is 34.3 Å². The first-order valence-corrected chi connectivity index (χ1v) is 14.5. The van der Waals surface area contributed by atoms with E-state index in [4.69, 9.17) is 0 Å². The Bertz CT molecular complexity index is 1660. The van der Waals surface area contributed by atoms with Crippen LogP contribution in [0, 0.1) is 22.7 Å². The van der Waals surface area contributed by atoms with Gasteiger partial charge in [-0.25, -0.2) is 22.9 Å². The molecule has 1 unspecified atom stereocenters. The third kappa shape index (κ3) is 6.97. The molecule has 0 bridgehead atoms. The van der Waals surface area contributed by atoms with Crippen LogP contribution in [0.1, 0.15) is 29.7 Å². The highest BCUT2D eigenvalue weighted by molar-refractivity contribution is 7.90. The van der Waals surface area contributed by atoms with Gasteiger partial charge in [0, 0.05) is 32.1 Å². The Labute approximate surface area is 247 Å². The molecular weight excluding hydrogens is 589 g/mol. The van der Waals surface area contributed by atoms with Gasteiger partial charge in [0.15, 0.2) is 9.84 Å². The summed E-state index contributed by atoms with van der Waals surface area (Å²) in [5.41, 5.74) is -2.04. The van der Waals surface area contributed by atoms with Crippen molar-refractivity contribution in [2.45, 2.75) is 30.1 Å². The lowest BCUT2D eigenvalue weighted by Gasteiger charge is -2.42. The minimum Gasteiger partial charge on any atom is -0.390 e. The minimum absolute atomic E-state index is 0.0436. The number of nitriles is 2. The number of aliphatic hydroxyl groups is 1. The normalized spacial score (nSPS) is 16.7. The van der Waals surface area contributed by atoms with Gasteiger partial charge in [-0.1, -0.05) is 12.1 Å². The predicted molar refractivity (Wildman–Crippen MR) is 149 cm³/mol. The third-order valence-electron chi connectivity index (χ3n) is 6.64. The number of nitrogens with zero attached hydrogens (tertiary/aromatic N) is 6. The number of likely N-dealkylation sites (N-methyl/N-ethyl adjacent to an activating group) is 2. The molecular formula is C28H29F3N6O5S. The molecule has 0 radical (unpaired) electrons. The molecule has 3 rings (SSSR count). The van der Waals surface area contributed by atoms with E-state index in [2.05, 4.69) is 0 Å². The van der Waals surface area contributed by atoms with Gasteiger partial charge in [0.2, 0.25) is 0 Å². The second-order valence-corrected chi connectivity index (χ2v) is 12.2. The van der Waals surface area contributed by atoms with E-state index in [1.807, 2.05) is 12.1 Å². The Morgan fingerprint density at radius 3 is 2.28 bits per heavy atom. The zero-order chi connectivity index (χ0) is 32.4. The summed E-state index contributed by atoms with van der Waals surface area (Å²) < 4.78 is 66.3. The molecule has 1 heterocycles. The standard InChI is InChI=1S/C28H29F3N6O5S/c1-17-23(14-33)25(22-10-9-18(13-32)11-24(22)43(5,41)42)37(26(39)35(4)16-21(38)15-34(2)3)27(40)36(17)20-8-6-7-19(12-20)28(29,30)31/h6-12,21,25,38H,15-16H2,1-5H3/t21?,25-/m1/s1. The highest BCUT2D eigenvalue weighted by Gasteiger charge is 2.46. The van der Waals surface area contributed by atoms with Crippen molar-refractivity contribution < 1.29 is 36.3 Å². The summed E-state index contributed by atoms with van der Waals surface area (Å²) in [5.74, 6) is 0. The Morgan fingerprint density at radius 1 is 1.09 bits per heavy atom. The molecule has 4 amide bonds. The highest BCUT2D eigenvalue weighted by Crippen LogP contribution is 2.42. The first-order chi connectivity index (χ1) is 19.9. The molecule has 2 aromatic carbocycles. The number of amides is 4. The molecule has 0 aliphatic carbocycles. The average molecular weight is 619 g/mol. The Balaban J connectivity index is 2.33. The summed E-state index contributed by atoms with van der Waals surface area (Å²) >= 11 is 0. The lowest BCUT2D eigenvalue weighted by atomic mass is 9.93. The first kappa shape index (κ1) is 33.1. The van der Waals surface area contributed by atoms with E-state index in [0.29, 0.717) is 11.0 Å². The summed E-state index contributed by atoms with van der Waals surface area (Å²) in [6.07, 6.45) is -4.99. The molecule has 0 spiro atoms. The largest absolute Gasteiger partial charge is 0.416 e. The van der Waals surface area contributed by atoms with Crippen molar-refractivity contribution in [1.29, 1.82) is 10.5 Å². The average Bonchev–Trinajstić information content (AvgIpc) is 2.90. The van der Waals surface area contributed by atoms with Crippen LogP contribution in [-0.4, -0.2) is 86.9 Å². The molecule has 1 aliphatic heterocycles. The third-order valence-corrected chi connectivity index (χ3v) is 7.79. The molecule has 43 heavy (non-hydrogen) atoms. The van der Waals surface area contributed by atoms with Gasteiger partial charge in [0.05, 0.1) is 45.5 Å².